The highest BCUT2D eigenvalue weighted by Gasteiger charge is 1.61. The molecule has 0 aliphatic rings. The Morgan fingerprint density at radius 3 is 1.92 bits per heavy atom. The Morgan fingerprint density at radius 2 is 1.83 bits per heavy atom. The van der Waals surface area contributed by atoms with E-state index in [4.69, 9.17) is 0 Å². The molecular weight excluding hydrogens is 267 g/mol. The topological polar surface area (TPSA) is 34.1 Å². The standard InChI is InChI=1S/C5H5N.C3H9NO.HI/c1-2-4-6-5-3-1;1-3-5-4-2;/h1-5H;4H,3H2,1-2H3;1H. The van der Waals surface area contributed by atoms with Crippen molar-refractivity contribution in [1.29, 1.82) is 0 Å². The predicted octanol–water partition coefficient (Wildman–Crippen LogP) is 1.86. The molecule has 1 N–H and O–H groups in total. The van der Waals surface area contributed by atoms with Crippen LogP contribution in [0.15, 0.2) is 30.6 Å². The molecule has 0 fully saturated rings. The molecule has 12 heavy (non-hydrogen) atoms. The highest BCUT2D eigenvalue weighted by Crippen LogP contribution is 1.73. The molecule has 70 valence electrons. The van der Waals surface area contributed by atoms with Gasteiger partial charge in [0.15, 0.2) is 0 Å². The van der Waals surface area contributed by atoms with Crippen LogP contribution in [0.4, 0.5) is 0 Å². The number of nitrogens with one attached hydrogen (secondary N) is 1. The molecule has 0 radical (unpaired) electrons. The van der Waals surface area contributed by atoms with Crippen molar-refractivity contribution in [2.24, 2.45) is 0 Å². The number of pyridine rings is 1. The second kappa shape index (κ2) is 13.4. The van der Waals surface area contributed by atoms with Gasteiger partial charge in [-0.25, -0.2) is 5.48 Å². The van der Waals surface area contributed by atoms with Crippen LogP contribution >= 0.6 is 24.0 Å². The first kappa shape index (κ1) is 14.3. The molecule has 0 unspecified atom stereocenters. The normalized spacial score (nSPS) is 7.50. The van der Waals surface area contributed by atoms with Crippen LogP contribution in [0.2, 0.25) is 0 Å². The molecule has 1 aromatic heterocycles. The van der Waals surface area contributed by atoms with Crippen LogP contribution in [0.3, 0.4) is 0 Å². The molecule has 0 amide bonds. The van der Waals surface area contributed by atoms with Crippen LogP contribution in [0, 0.1) is 0 Å². The van der Waals surface area contributed by atoms with Gasteiger partial charge in [0.05, 0.1) is 6.61 Å². The van der Waals surface area contributed by atoms with Crippen molar-refractivity contribution in [3.63, 3.8) is 0 Å². The summed E-state index contributed by atoms with van der Waals surface area (Å²) in [6.07, 6.45) is 3.50. The lowest BCUT2D eigenvalue weighted by Crippen LogP contribution is -2.05. The number of hydrogen-bond donors (Lipinski definition) is 1. The lowest BCUT2D eigenvalue weighted by molar-refractivity contribution is 0.0687. The second-order valence-corrected chi connectivity index (χ2v) is 1.66. The molecule has 0 aliphatic heterocycles. The van der Waals surface area contributed by atoms with Crippen LogP contribution < -0.4 is 5.48 Å². The smallest absolute Gasteiger partial charge is 0.0653 e. The van der Waals surface area contributed by atoms with Crippen LogP contribution in [0.5, 0.6) is 0 Å². The molecule has 1 aromatic rings. The Labute approximate surface area is 90.5 Å². The van der Waals surface area contributed by atoms with Crippen molar-refractivity contribution in [3.05, 3.63) is 30.6 Å². The summed E-state index contributed by atoms with van der Waals surface area (Å²) in [6, 6.07) is 5.72. The summed E-state index contributed by atoms with van der Waals surface area (Å²) in [5, 5.41) is 0. The Kier molecular flexibility index (Phi) is 16.0. The Bertz CT molecular complexity index is 120. The van der Waals surface area contributed by atoms with Crippen LogP contribution in [-0.2, 0) is 4.84 Å². The van der Waals surface area contributed by atoms with Crippen LogP contribution in [0.25, 0.3) is 0 Å². The first-order chi connectivity index (χ1) is 5.41. The van der Waals surface area contributed by atoms with E-state index in [0.29, 0.717) is 0 Å². The third-order valence-electron chi connectivity index (χ3n) is 0.855. The highest BCUT2D eigenvalue weighted by atomic mass is 127. The quantitative estimate of drug-likeness (QED) is 0.664. The zero-order valence-corrected chi connectivity index (χ0v) is 9.69. The maximum absolute atomic E-state index is 4.58. The van der Waals surface area contributed by atoms with Gasteiger partial charge in [0.25, 0.3) is 0 Å². The highest BCUT2D eigenvalue weighted by molar-refractivity contribution is 14.0. The molecule has 0 spiro atoms. The zero-order valence-electron chi connectivity index (χ0n) is 7.36. The fourth-order valence-electron chi connectivity index (χ4n) is 0.457. The van der Waals surface area contributed by atoms with E-state index in [9.17, 15) is 0 Å². The molecule has 0 saturated heterocycles. The van der Waals surface area contributed by atoms with Crippen LogP contribution in [0.1, 0.15) is 6.92 Å². The summed E-state index contributed by atoms with van der Waals surface area (Å²) in [7, 11) is 1.74. The van der Waals surface area contributed by atoms with E-state index in [1.54, 1.807) is 19.4 Å². The SMILES string of the molecule is CCONC.I.c1ccncc1. The van der Waals surface area contributed by atoms with Gasteiger partial charge in [0, 0.05) is 19.4 Å². The van der Waals surface area contributed by atoms with Crippen molar-refractivity contribution in [1.82, 2.24) is 10.5 Å². The lowest BCUT2D eigenvalue weighted by atomic mass is 10.5. The fraction of sp³-hybridized carbons (Fsp3) is 0.375. The molecule has 0 bridgehead atoms. The number of nitrogens with zero attached hydrogens (tertiary/aromatic N) is 1. The first-order valence-electron chi connectivity index (χ1n) is 3.55. The molecule has 3 nitrogen and oxygen atoms in total. The average molecular weight is 282 g/mol. The summed E-state index contributed by atoms with van der Waals surface area (Å²) in [6.45, 7) is 2.66. The second-order valence-electron chi connectivity index (χ2n) is 1.66. The first-order valence-corrected chi connectivity index (χ1v) is 3.55. The predicted molar refractivity (Wildman–Crippen MR) is 60.3 cm³/mol. The van der Waals surface area contributed by atoms with Crippen molar-refractivity contribution in [2.75, 3.05) is 13.7 Å². The van der Waals surface area contributed by atoms with Gasteiger partial charge in [-0.05, 0) is 19.1 Å². The van der Waals surface area contributed by atoms with Crippen molar-refractivity contribution < 1.29 is 4.84 Å². The molecule has 1 rings (SSSR count). The van der Waals surface area contributed by atoms with E-state index >= 15 is 0 Å². The maximum atomic E-state index is 4.58. The van der Waals surface area contributed by atoms with E-state index in [1.807, 2.05) is 25.1 Å². The van der Waals surface area contributed by atoms with Gasteiger partial charge in [-0.1, -0.05) is 6.07 Å². The molecule has 1 heterocycles. The van der Waals surface area contributed by atoms with Gasteiger partial charge in [-0.3, -0.25) is 4.98 Å². The molecule has 0 aliphatic carbocycles. The summed E-state index contributed by atoms with van der Waals surface area (Å²) < 4.78 is 0. The minimum absolute atomic E-state index is 0. The number of rotatable bonds is 2. The zero-order chi connectivity index (χ0) is 8.36. The van der Waals surface area contributed by atoms with E-state index < -0.39 is 0 Å². The van der Waals surface area contributed by atoms with E-state index in [-0.39, 0.29) is 24.0 Å². The minimum atomic E-state index is 0. The monoisotopic (exact) mass is 282 g/mol. The lowest BCUT2D eigenvalue weighted by Gasteiger charge is -1.88. The van der Waals surface area contributed by atoms with Gasteiger partial charge >= 0.3 is 0 Å². The van der Waals surface area contributed by atoms with Gasteiger partial charge in [0.1, 0.15) is 0 Å². The molecule has 0 atom stereocenters. The molecule has 0 saturated carbocycles. The van der Waals surface area contributed by atoms with Gasteiger partial charge in [-0.15, -0.1) is 24.0 Å². The summed E-state index contributed by atoms with van der Waals surface area (Å²) >= 11 is 0. The maximum Gasteiger partial charge on any atom is 0.0653 e. The van der Waals surface area contributed by atoms with E-state index in [1.165, 1.54) is 0 Å². The third kappa shape index (κ3) is 12.5. The number of hydroxylamine groups is 1. The summed E-state index contributed by atoms with van der Waals surface area (Å²) in [5.74, 6) is 0. The van der Waals surface area contributed by atoms with Gasteiger partial charge in [0.2, 0.25) is 0 Å². The Hall–Kier alpha value is -0.200. The Morgan fingerprint density at radius 1 is 1.25 bits per heavy atom. The largest absolute Gasteiger partial charge is 0.302 e. The Balaban J connectivity index is 0. The molecular formula is C8H15IN2O. The number of hydrogen-bond acceptors (Lipinski definition) is 3. The third-order valence-corrected chi connectivity index (χ3v) is 0.855. The van der Waals surface area contributed by atoms with Crippen molar-refractivity contribution in [3.8, 4) is 0 Å². The van der Waals surface area contributed by atoms with Gasteiger partial charge in [-0.2, -0.15) is 0 Å². The molecule has 4 heteroatoms. The minimum Gasteiger partial charge on any atom is -0.302 e. The number of aromatic nitrogens is 1. The number of halogens is 1. The van der Waals surface area contributed by atoms with E-state index in [2.05, 4.69) is 15.3 Å². The summed E-state index contributed by atoms with van der Waals surface area (Å²) in [4.78, 5) is 8.37. The van der Waals surface area contributed by atoms with E-state index in [0.717, 1.165) is 6.61 Å². The van der Waals surface area contributed by atoms with Gasteiger partial charge < -0.3 is 4.84 Å². The van der Waals surface area contributed by atoms with Crippen LogP contribution in [-0.4, -0.2) is 18.6 Å². The summed E-state index contributed by atoms with van der Waals surface area (Å²) in [5.41, 5.74) is 2.52. The molecule has 0 aromatic carbocycles. The van der Waals surface area contributed by atoms with Crippen molar-refractivity contribution in [2.45, 2.75) is 6.92 Å². The average Bonchev–Trinajstić information content (AvgIpc) is 2.10. The van der Waals surface area contributed by atoms with Crippen molar-refractivity contribution >= 4 is 24.0 Å². The fourth-order valence-corrected chi connectivity index (χ4v) is 0.457.